The molecule has 0 spiro atoms. The van der Waals surface area contributed by atoms with Crippen molar-refractivity contribution in [3.05, 3.63) is 35.9 Å². The highest BCUT2D eigenvalue weighted by atomic mass is 16.5. The number of carbonyl (C=O) groups is 3. The van der Waals surface area contributed by atoms with Crippen molar-refractivity contribution in [2.24, 2.45) is 23.2 Å². The smallest absolute Gasteiger partial charge is 0.328 e. The van der Waals surface area contributed by atoms with Crippen molar-refractivity contribution >= 4 is 17.8 Å². The van der Waals surface area contributed by atoms with Gasteiger partial charge in [-0.05, 0) is 61.8 Å². The Morgan fingerprint density at radius 3 is 2.17 bits per heavy atom. The van der Waals surface area contributed by atoms with Gasteiger partial charge in [0.05, 0.1) is 13.7 Å². The molecule has 4 fully saturated rings. The average Bonchev–Trinajstić information content (AvgIpc) is 2.70. The molecule has 29 heavy (non-hydrogen) atoms. The third-order valence-electron chi connectivity index (χ3n) is 7.03. The molecule has 0 aliphatic heterocycles. The zero-order valence-electron chi connectivity index (χ0n) is 17.0. The first kappa shape index (κ1) is 19.9. The first-order valence-corrected chi connectivity index (χ1v) is 10.7. The monoisotopic (exact) mass is 398 g/mol. The molecule has 5 rings (SSSR count). The molecule has 0 aromatic heterocycles. The zero-order chi connectivity index (χ0) is 20.4. The van der Waals surface area contributed by atoms with E-state index in [4.69, 9.17) is 4.74 Å². The van der Waals surface area contributed by atoms with Gasteiger partial charge in [0.2, 0.25) is 11.8 Å². The molecule has 1 atom stereocenters. The number of hydrogen-bond donors (Lipinski definition) is 2. The molecule has 2 N–H and O–H groups in total. The van der Waals surface area contributed by atoms with E-state index in [2.05, 4.69) is 10.6 Å². The van der Waals surface area contributed by atoms with Gasteiger partial charge >= 0.3 is 5.97 Å². The molecule has 1 aromatic rings. The molecule has 1 aromatic carbocycles. The number of rotatable bonds is 7. The highest BCUT2D eigenvalue weighted by Crippen LogP contribution is 2.60. The van der Waals surface area contributed by atoms with E-state index in [0.29, 0.717) is 24.2 Å². The van der Waals surface area contributed by atoms with Crippen LogP contribution in [0.1, 0.15) is 44.1 Å². The van der Waals surface area contributed by atoms with E-state index in [1.807, 2.05) is 30.3 Å². The van der Waals surface area contributed by atoms with Crippen molar-refractivity contribution < 1.29 is 19.1 Å². The van der Waals surface area contributed by atoms with Crippen LogP contribution < -0.4 is 10.6 Å². The van der Waals surface area contributed by atoms with E-state index in [9.17, 15) is 14.4 Å². The van der Waals surface area contributed by atoms with Crippen molar-refractivity contribution in [2.75, 3.05) is 13.7 Å². The largest absolute Gasteiger partial charge is 0.467 e. The number of methoxy groups -OCH3 is 1. The van der Waals surface area contributed by atoms with Crippen LogP contribution in [0, 0.1) is 23.2 Å². The van der Waals surface area contributed by atoms with Gasteiger partial charge in [0, 0.05) is 11.8 Å². The van der Waals surface area contributed by atoms with Crippen LogP contribution in [0.3, 0.4) is 0 Å². The van der Waals surface area contributed by atoms with Crippen LogP contribution in [0.4, 0.5) is 0 Å². The average molecular weight is 399 g/mol. The predicted octanol–water partition coefficient (Wildman–Crippen LogP) is 2.22. The van der Waals surface area contributed by atoms with Crippen LogP contribution in [0.25, 0.3) is 0 Å². The van der Waals surface area contributed by atoms with Crippen molar-refractivity contribution in [2.45, 2.75) is 51.0 Å². The maximum atomic E-state index is 13.0. The Morgan fingerprint density at radius 2 is 1.62 bits per heavy atom. The number of carbonyl (C=O) groups excluding carboxylic acids is 3. The first-order chi connectivity index (χ1) is 14.0. The summed E-state index contributed by atoms with van der Waals surface area (Å²) in [6, 6.07) is 8.70. The van der Waals surface area contributed by atoms with E-state index in [0.717, 1.165) is 24.8 Å². The lowest BCUT2D eigenvalue weighted by Gasteiger charge is -2.55. The Morgan fingerprint density at radius 1 is 1.03 bits per heavy atom. The summed E-state index contributed by atoms with van der Waals surface area (Å²) in [5.41, 5.74) is 0.654. The van der Waals surface area contributed by atoms with Gasteiger partial charge in [-0.3, -0.25) is 9.59 Å². The highest BCUT2D eigenvalue weighted by molar-refractivity contribution is 5.90. The van der Waals surface area contributed by atoms with Crippen molar-refractivity contribution in [3.8, 4) is 0 Å². The molecular weight excluding hydrogens is 368 g/mol. The molecule has 0 radical (unpaired) electrons. The van der Waals surface area contributed by atoms with Crippen LogP contribution in [-0.2, 0) is 25.5 Å². The molecule has 156 valence electrons. The van der Waals surface area contributed by atoms with Crippen molar-refractivity contribution in [1.82, 2.24) is 10.6 Å². The zero-order valence-corrected chi connectivity index (χ0v) is 17.0. The van der Waals surface area contributed by atoms with Gasteiger partial charge in [-0.15, -0.1) is 0 Å². The molecule has 0 heterocycles. The number of ether oxygens (including phenoxy) is 1. The molecule has 2 amide bonds. The minimum atomic E-state index is -0.772. The summed E-state index contributed by atoms with van der Waals surface area (Å²) in [4.78, 5) is 37.5. The first-order valence-electron chi connectivity index (χ1n) is 10.7. The van der Waals surface area contributed by atoms with E-state index in [1.165, 1.54) is 26.4 Å². The van der Waals surface area contributed by atoms with Gasteiger partial charge in [-0.2, -0.15) is 0 Å². The van der Waals surface area contributed by atoms with Crippen molar-refractivity contribution in [1.29, 1.82) is 0 Å². The summed E-state index contributed by atoms with van der Waals surface area (Å²) < 4.78 is 4.83. The molecule has 6 nitrogen and oxygen atoms in total. The van der Waals surface area contributed by atoms with Gasteiger partial charge in [-0.1, -0.05) is 30.3 Å². The van der Waals surface area contributed by atoms with E-state index in [1.54, 1.807) is 0 Å². The maximum absolute atomic E-state index is 13.0. The second kappa shape index (κ2) is 8.17. The van der Waals surface area contributed by atoms with E-state index >= 15 is 0 Å². The Labute approximate surface area is 171 Å². The Hall–Kier alpha value is -2.37. The van der Waals surface area contributed by atoms with E-state index < -0.39 is 12.0 Å². The number of amides is 2. The number of esters is 1. The summed E-state index contributed by atoms with van der Waals surface area (Å²) in [5.74, 6) is 1.19. The molecule has 0 saturated heterocycles. The molecule has 1 unspecified atom stereocenters. The second-order valence-electron chi connectivity index (χ2n) is 9.21. The molecule has 4 bridgehead atoms. The summed E-state index contributed by atoms with van der Waals surface area (Å²) >= 11 is 0. The van der Waals surface area contributed by atoms with Crippen molar-refractivity contribution in [3.63, 3.8) is 0 Å². The standard InChI is InChI=1S/C23H30N2O4/c1-29-21(27)19(10-15-5-3-2-4-6-15)25-20(26)14-24-22(28)23-11-16-7-17(12-23)9-18(8-16)13-23/h2-6,16-19H,7-14H2,1H3,(H,24,28)(H,25,26). The number of benzene rings is 1. The van der Waals surface area contributed by atoms with E-state index in [-0.39, 0.29) is 23.8 Å². The molecule has 6 heteroatoms. The summed E-state index contributed by atoms with van der Waals surface area (Å²) in [6.07, 6.45) is 7.05. The highest BCUT2D eigenvalue weighted by Gasteiger charge is 2.54. The summed E-state index contributed by atoms with van der Waals surface area (Å²) in [6.45, 7) is -0.108. The van der Waals surface area contributed by atoms with Crippen LogP contribution in [-0.4, -0.2) is 37.5 Å². The summed E-state index contributed by atoms with van der Waals surface area (Å²) in [7, 11) is 1.31. The SMILES string of the molecule is COC(=O)C(Cc1ccccc1)NC(=O)CNC(=O)C12CC3CC(CC(C3)C1)C2. The Balaban J connectivity index is 1.32. The molecule has 4 aliphatic carbocycles. The molecule has 4 aliphatic rings. The number of nitrogens with one attached hydrogen (secondary N) is 2. The van der Waals surface area contributed by atoms with Crippen LogP contribution in [0.15, 0.2) is 30.3 Å². The molecular formula is C23H30N2O4. The van der Waals surface area contributed by atoms with Crippen LogP contribution in [0.5, 0.6) is 0 Å². The van der Waals surface area contributed by atoms with Gasteiger partial charge in [0.15, 0.2) is 0 Å². The molecule has 4 saturated carbocycles. The Kier molecular flexibility index (Phi) is 5.61. The Bertz CT molecular complexity index is 741. The van der Waals surface area contributed by atoms with Gasteiger partial charge in [0.1, 0.15) is 6.04 Å². The lowest BCUT2D eigenvalue weighted by atomic mass is 9.49. The quantitative estimate of drug-likeness (QED) is 0.690. The third kappa shape index (κ3) is 4.31. The number of hydrogen-bond acceptors (Lipinski definition) is 4. The lowest BCUT2D eigenvalue weighted by molar-refractivity contribution is -0.147. The fourth-order valence-electron chi connectivity index (χ4n) is 6.17. The predicted molar refractivity (Wildman–Crippen MR) is 108 cm³/mol. The van der Waals surface area contributed by atoms with Gasteiger partial charge < -0.3 is 15.4 Å². The van der Waals surface area contributed by atoms with Crippen LogP contribution in [0.2, 0.25) is 0 Å². The second-order valence-corrected chi connectivity index (χ2v) is 9.21. The topological polar surface area (TPSA) is 84.5 Å². The third-order valence-corrected chi connectivity index (χ3v) is 7.03. The van der Waals surface area contributed by atoms with Crippen LogP contribution >= 0.6 is 0 Å². The maximum Gasteiger partial charge on any atom is 0.328 e. The fourth-order valence-corrected chi connectivity index (χ4v) is 6.17. The lowest BCUT2D eigenvalue weighted by Crippen LogP contribution is -2.55. The normalized spacial score (nSPS) is 30.4. The fraction of sp³-hybridized carbons (Fsp3) is 0.609. The van der Waals surface area contributed by atoms with Gasteiger partial charge in [-0.25, -0.2) is 4.79 Å². The minimum Gasteiger partial charge on any atom is -0.467 e. The minimum absolute atomic E-state index is 0.0180. The summed E-state index contributed by atoms with van der Waals surface area (Å²) in [5, 5.41) is 5.58. The van der Waals surface area contributed by atoms with Gasteiger partial charge in [0.25, 0.3) is 0 Å².